The maximum atomic E-state index is 9.51. The van der Waals surface area contributed by atoms with E-state index in [0.717, 1.165) is 6.54 Å². The van der Waals surface area contributed by atoms with Crippen molar-refractivity contribution in [1.29, 1.82) is 0 Å². The van der Waals surface area contributed by atoms with Gasteiger partial charge in [0.15, 0.2) is 0 Å². The highest BCUT2D eigenvalue weighted by Gasteiger charge is 2.05. The summed E-state index contributed by atoms with van der Waals surface area (Å²) in [6, 6.07) is 8.37. The zero-order chi connectivity index (χ0) is 12.1. The first kappa shape index (κ1) is 12.5. The van der Waals surface area contributed by atoms with Crippen molar-refractivity contribution in [1.82, 2.24) is 5.32 Å². The second-order valence-electron chi connectivity index (χ2n) is 4.00. The van der Waals surface area contributed by atoms with E-state index in [9.17, 15) is 5.11 Å². The third kappa shape index (κ3) is 3.26. The third-order valence-corrected chi connectivity index (χ3v) is 3.63. The fourth-order valence-electron chi connectivity index (χ4n) is 1.79. The van der Waals surface area contributed by atoms with E-state index in [1.165, 1.54) is 15.6 Å². The van der Waals surface area contributed by atoms with Crippen LogP contribution in [0.4, 0.5) is 0 Å². The van der Waals surface area contributed by atoms with Crippen LogP contribution in [-0.2, 0) is 11.3 Å². The van der Waals surface area contributed by atoms with Crippen LogP contribution in [0.1, 0.15) is 5.56 Å². The Hall–Kier alpha value is -0.940. The van der Waals surface area contributed by atoms with Crippen LogP contribution in [0.2, 0.25) is 0 Å². The van der Waals surface area contributed by atoms with Crippen LogP contribution in [0.25, 0.3) is 10.1 Å². The van der Waals surface area contributed by atoms with E-state index in [2.05, 4.69) is 35.0 Å². The SMILES string of the molecule is COC[C@H](O)CNCc1csc2ccccc12. The predicted molar refractivity (Wildman–Crippen MR) is 71.4 cm³/mol. The molecule has 0 radical (unpaired) electrons. The highest BCUT2D eigenvalue weighted by molar-refractivity contribution is 7.17. The minimum absolute atomic E-state index is 0.372. The third-order valence-electron chi connectivity index (χ3n) is 2.62. The van der Waals surface area contributed by atoms with E-state index in [1.807, 2.05) is 0 Å². The van der Waals surface area contributed by atoms with Gasteiger partial charge in [0, 0.05) is 24.9 Å². The number of hydrogen-bond donors (Lipinski definition) is 2. The number of benzene rings is 1. The lowest BCUT2D eigenvalue weighted by Crippen LogP contribution is -2.29. The van der Waals surface area contributed by atoms with Crippen molar-refractivity contribution in [3.05, 3.63) is 35.2 Å². The molecule has 0 fully saturated rings. The molecule has 17 heavy (non-hydrogen) atoms. The zero-order valence-electron chi connectivity index (χ0n) is 9.85. The Bertz CT molecular complexity index is 469. The van der Waals surface area contributed by atoms with E-state index >= 15 is 0 Å². The number of fused-ring (bicyclic) bond motifs is 1. The Morgan fingerprint density at radius 3 is 3.06 bits per heavy atom. The van der Waals surface area contributed by atoms with Gasteiger partial charge in [-0.1, -0.05) is 18.2 Å². The summed E-state index contributed by atoms with van der Waals surface area (Å²) in [6.07, 6.45) is -0.440. The number of rotatable bonds is 6. The maximum Gasteiger partial charge on any atom is 0.0897 e. The van der Waals surface area contributed by atoms with Gasteiger partial charge in [-0.25, -0.2) is 0 Å². The van der Waals surface area contributed by atoms with E-state index in [4.69, 9.17) is 4.74 Å². The second-order valence-corrected chi connectivity index (χ2v) is 4.91. The second kappa shape index (κ2) is 6.12. The first-order valence-corrected chi connectivity index (χ1v) is 6.52. The number of hydrogen-bond acceptors (Lipinski definition) is 4. The summed E-state index contributed by atoms with van der Waals surface area (Å²) in [4.78, 5) is 0. The van der Waals surface area contributed by atoms with Crippen molar-refractivity contribution in [2.45, 2.75) is 12.6 Å². The Kier molecular flexibility index (Phi) is 4.50. The highest BCUT2D eigenvalue weighted by atomic mass is 32.1. The normalized spacial score (nSPS) is 13.1. The molecule has 0 saturated heterocycles. The van der Waals surface area contributed by atoms with Crippen molar-refractivity contribution >= 4 is 21.4 Å². The van der Waals surface area contributed by atoms with E-state index in [1.54, 1.807) is 18.4 Å². The van der Waals surface area contributed by atoms with E-state index in [0.29, 0.717) is 13.2 Å². The average Bonchev–Trinajstić information content (AvgIpc) is 2.73. The van der Waals surface area contributed by atoms with Gasteiger partial charge in [-0.2, -0.15) is 0 Å². The van der Waals surface area contributed by atoms with Gasteiger partial charge in [-0.15, -0.1) is 11.3 Å². The van der Waals surface area contributed by atoms with Gasteiger partial charge >= 0.3 is 0 Å². The number of thiophene rings is 1. The molecule has 0 amide bonds. The van der Waals surface area contributed by atoms with Gasteiger partial charge in [0.2, 0.25) is 0 Å². The molecule has 92 valence electrons. The average molecular weight is 251 g/mol. The topological polar surface area (TPSA) is 41.5 Å². The monoisotopic (exact) mass is 251 g/mol. The molecule has 0 bridgehead atoms. The molecule has 0 aliphatic rings. The minimum Gasteiger partial charge on any atom is -0.389 e. The zero-order valence-corrected chi connectivity index (χ0v) is 10.7. The lowest BCUT2D eigenvalue weighted by molar-refractivity contribution is 0.0644. The van der Waals surface area contributed by atoms with Crippen molar-refractivity contribution in [3.8, 4) is 0 Å². The highest BCUT2D eigenvalue weighted by Crippen LogP contribution is 2.25. The first-order valence-electron chi connectivity index (χ1n) is 5.64. The molecule has 2 aromatic rings. The molecule has 1 aromatic carbocycles. The molecule has 1 aromatic heterocycles. The number of aliphatic hydroxyl groups is 1. The molecule has 4 heteroatoms. The Morgan fingerprint density at radius 1 is 1.41 bits per heavy atom. The largest absolute Gasteiger partial charge is 0.389 e. The van der Waals surface area contributed by atoms with Gasteiger partial charge in [-0.05, 0) is 22.4 Å². The summed E-state index contributed by atoms with van der Waals surface area (Å²) in [5.74, 6) is 0. The molecule has 0 aliphatic heterocycles. The molecule has 0 spiro atoms. The molecule has 0 unspecified atom stereocenters. The van der Waals surface area contributed by atoms with Crippen molar-refractivity contribution in [3.63, 3.8) is 0 Å². The van der Waals surface area contributed by atoms with Gasteiger partial charge in [0.1, 0.15) is 0 Å². The maximum absolute atomic E-state index is 9.51. The van der Waals surface area contributed by atoms with Crippen molar-refractivity contribution in [2.24, 2.45) is 0 Å². The molecule has 0 saturated carbocycles. The summed E-state index contributed by atoms with van der Waals surface area (Å²) >= 11 is 1.76. The predicted octanol–water partition coefficient (Wildman–Crippen LogP) is 2.00. The van der Waals surface area contributed by atoms with Gasteiger partial charge in [0.25, 0.3) is 0 Å². The standard InChI is InChI=1S/C13H17NO2S/c1-16-8-11(15)7-14-6-10-9-17-13-5-3-2-4-12(10)13/h2-5,9,11,14-15H,6-8H2,1H3/t11-/m1/s1. The Labute approximate surface area is 105 Å². The summed E-state index contributed by atoms with van der Waals surface area (Å²) in [7, 11) is 1.59. The van der Waals surface area contributed by atoms with Gasteiger partial charge in [0.05, 0.1) is 12.7 Å². The van der Waals surface area contributed by atoms with Crippen LogP contribution in [-0.4, -0.2) is 31.5 Å². The fourth-order valence-corrected chi connectivity index (χ4v) is 2.76. The molecule has 3 nitrogen and oxygen atoms in total. The van der Waals surface area contributed by atoms with Crippen molar-refractivity contribution in [2.75, 3.05) is 20.3 Å². The minimum atomic E-state index is -0.440. The summed E-state index contributed by atoms with van der Waals surface area (Å²) in [5, 5.41) is 16.2. The molecule has 0 aliphatic carbocycles. The smallest absolute Gasteiger partial charge is 0.0897 e. The van der Waals surface area contributed by atoms with Crippen LogP contribution < -0.4 is 5.32 Å². The Morgan fingerprint density at radius 2 is 2.24 bits per heavy atom. The molecular formula is C13H17NO2S. The lowest BCUT2D eigenvalue weighted by atomic mass is 10.2. The van der Waals surface area contributed by atoms with Gasteiger partial charge in [-0.3, -0.25) is 0 Å². The van der Waals surface area contributed by atoms with Crippen molar-refractivity contribution < 1.29 is 9.84 Å². The number of methoxy groups -OCH3 is 1. The quantitative estimate of drug-likeness (QED) is 0.825. The summed E-state index contributed by atoms with van der Waals surface area (Å²) < 4.78 is 6.18. The van der Waals surface area contributed by atoms with Crippen LogP contribution in [0, 0.1) is 0 Å². The summed E-state index contributed by atoms with van der Waals surface area (Å²) in [6.45, 7) is 1.71. The molecule has 1 heterocycles. The van der Waals surface area contributed by atoms with E-state index in [-0.39, 0.29) is 0 Å². The fraction of sp³-hybridized carbons (Fsp3) is 0.385. The molecule has 2 rings (SSSR count). The van der Waals surface area contributed by atoms with Gasteiger partial charge < -0.3 is 15.2 Å². The van der Waals surface area contributed by atoms with Crippen LogP contribution in [0.5, 0.6) is 0 Å². The Balaban J connectivity index is 1.91. The number of aliphatic hydroxyl groups excluding tert-OH is 1. The van der Waals surface area contributed by atoms with Crippen LogP contribution >= 0.6 is 11.3 Å². The van der Waals surface area contributed by atoms with E-state index < -0.39 is 6.10 Å². The summed E-state index contributed by atoms with van der Waals surface area (Å²) in [5.41, 5.74) is 1.29. The number of ether oxygens (including phenoxy) is 1. The first-order chi connectivity index (χ1) is 8.31. The van der Waals surface area contributed by atoms with Crippen LogP contribution in [0.3, 0.4) is 0 Å². The molecule has 2 N–H and O–H groups in total. The molecular weight excluding hydrogens is 234 g/mol. The number of nitrogens with one attached hydrogen (secondary N) is 1. The lowest BCUT2D eigenvalue weighted by Gasteiger charge is -2.10. The van der Waals surface area contributed by atoms with Crippen LogP contribution in [0.15, 0.2) is 29.6 Å². The molecule has 1 atom stereocenters.